The molecular weight excluding hydrogens is 672 g/mol. The van der Waals surface area contributed by atoms with Crippen LogP contribution in [0.3, 0.4) is 0 Å². The quantitative estimate of drug-likeness (QED) is 0.0282. The van der Waals surface area contributed by atoms with E-state index in [1.165, 1.54) is 83.5 Å². The molecule has 0 aromatic carbocycles. The number of unbranched alkanes of at least 4 members (excludes halogenated alkanes) is 17. The molecule has 6 atom stereocenters. The van der Waals surface area contributed by atoms with Crippen LogP contribution in [0.5, 0.6) is 0 Å². The molecule has 0 saturated heterocycles. The van der Waals surface area contributed by atoms with Crippen LogP contribution in [-0.2, 0) is 23.9 Å². The zero-order valence-electron chi connectivity index (χ0n) is 34.0. The number of Topliss-reactive ketones (excluding diaryl/α,β-unsaturated/α-hetero) is 1. The van der Waals surface area contributed by atoms with E-state index in [2.05, 4.69) is 20.8 Å². The lowest BCUT2D eigenvalue weighted by Crippen LogP contribution is -2.25. The number of aliphatic hydroxyl groups excluding tert-OH is 4. The number of ether oxygens (including phenoxy) is 2. The lowest BCUT2D eigenvalue weighted by atomic mass is 9.87. The Morgan fingerprint density at radius 2 is 1.08 bits per heavy atom. The van der Waals surface area contributed by atoms with E-state index in [0.717, 1.165) is 44.4 Å². The molecule has 310 valence electrons. The monoisotopic (exact) mass is 753 g/mol. The minimum atomic E-state index is -1.09. The Morgan fingerprint density at radius 3 is 1.58 bits per heavy atom. The van der Waals surface area contributed by atoms with Gasteiger partial charge in [-0.05, 0) is 31.6 Å². The van der Waals surface area contributed by atoms with Gasteiger partial charge in [-0.1, -0.05) is 148 Å². The number of hydrogen-bond donors (Lipinski definition) is 4. The van der Waals surface area contributed by atoms with Crippen molar-refractivity contribution in [1.82, 2.24) is 0 Å². The van der Waals surface area contributed by atoms with Crippen molar-refractivity contribution in [2.75, 3.05) is 13.2 Å². The fourth-order valence-corrected chi connectivity index (χ4v) is 7.27. The average molecular weight is 753 g/mol. The molecule has 53 heavy (non-hydrogen) atoms. The summed E-state index contributed by atoms with van der Waals surface area (Å²) in [5.41, 5.74) is 0. The maximum Gasteiger partial charge on any atom is 0.305 e. The largest absolute Gasteiger partial charge is 0.463 e. The van der Waals surface area contributed by atoms with Crippen molar-refractivity contribution in [2.24, 2.45) is 17.8 Å². The van der Waals surface area contributed by atoms with E-state index in [-0.39, 0.29) is 56.6 Å². The fourth-order valence-electron chi connectivity index (χ4n) is 7.27. The maximum absolute atomic E-state index is 12.7. The van der Waals surface area contributed by atoms with Gasteiger partial charge in [0.15, 0.2) is 0 Å². The van der Waals surface area contributed by atoms with Crippen LogP contribution in [0.1, 0.15) is 194 Å². The zero-order valence-corrected chi connectivity index (χ0v) is 34.0. The van der Waals surface area contributed by atoms with Crippen LogP contribution in [-0.4, -0.2) is 75.8 Å². The first-order valence-corrected chi connectivity index (χ1v) is 21.8. The van der Waals surface area contributed by atoms with Gasteiger partial charge in [0.1, 0.15) is 25.1 Å². The Morgan fingerprint density at radius 1 is 0.623 bits per heavy atom. The molecule has 0 unspecified atom stereocenters. The maximum atomic E-state index is 12.7. The Labute approximate surface area is 323 Å². The molecule has 0 aromatic heterocycles. The SMILES string of the molecule is CCCCC[C@H](O)/C=C/[C@@H]1[C@@H](CC(=O)CCCCC(=O)OC[C@@H](O)COC(=O)CCCCCCCCCCCCCCCCCC(C)C)[C@@H](O)C[C@H]1O. The highest BCUT2D eigenvalue weighted by Crippen LogP contribution is 2.36. The van der Waals surface area contributed by atoms with Crippen LogP contribution < -0.4 is 0 Å². The summed E-state index contributed by atoms with van der Waals surface area (Å²) >= 11 is 0. The van der Waals surface area contributed by atoms with Crippen LogP contribution in [0.15, 0.2) is 12.2 Å². The summed E-state index contributed by atoms with van der Waals surface area (Å²) < 4.78 is 10.3. The highest BCUT2D eigenvalue weighted by atomic mass is 16.6. The number of ketones is 1. The molecule has 1 saturated carbocycles. The van der Waals surface area contributed by atoms with Gasteiger partial charge in [-0.2, -0.15) is 0 Å². The molecular formula is C44H80O9. The fraction of sp³-hybridized carbons (Fsp3) is 0.886. The molecule has 9 heteroatoms. The summed E-state index contributed by atoms with van der Waals surface area (Å²) in [5.74, 6) is -0.828. The van der Waals surface area contributed by atoms with Crippen LogP contribution in [0.2, 0.25) is 0 Å². The minimum absolute atomic E-state index is 0.0414. The molecule has 0 heterocycles. The van der Waals surface area contributed by atoms with Crippen molar-refractivity contribution in [3.05, 3.63) is 12.2 Å². The highest BCUT2D eigenvalue weighted by Gasteiger charge is 2.41. The Hall–Kier alpha value is -1.81. The molecule has 0 spiro atoms. The van der Waals surface area contributed by atoms with Gasteiger partial charge in [0, 0.05) is 43.9 Å². The van der Waals surface area contributed by atoms with Crippen LogP contribution in [0.4, 0.5) is 0 Å². The van der Waals surface area contributed by atoms with E-state index in [9.17, 15) is 34.8 Å². The number of hydrogen-bond acceptors (Lipinski definition) is 9. The minimum Gasteiger partial charge on any atom is -0.463 e. The van der Waals surface area contributed by atoms with Crippen LogP contribution in [0.25, 0.3) is 0 Å². The van der Waals surface area contributed by atoms with Gasteiger partial charge < -0.3 is 29.9 Å². The third-order valence-corrected chi connectivity index (χ3v) is 10.7. The van der Waals surface area contributed by atoms with Gasteiger partial charge in [-0.15, -0.1) is 0 Å². The third-order valence-electron chi connectivity index (χ3n) is 10.7. The summed E-state index contributed by atoms with van der Waals surface area (Å²) in [6.45, 7) is 6.24. The lowest BCUT2D eigenvalue weighted by Gasteiger charge is -2.20. The van der Waals surface area contributed by atoms with E-state index in [1.807, 2.05) is 0 Å². The first kappa shape index (κ1) is 49.2. The molecule has 9 nitrogen and oxygen atoms in total. The van der Waals surface area contributed by atoms with Crippen LogP contribution in [0, 0.1) is 17.8 Å². The predicted molar refractivity (Wildman–Crippen MR) is 212 cm³/mol. The Bertz CT molecular complexity index is 951. The molecule has 1 aliphatic carbocycles. The van der Waals surface area contributed by atoms with Gasteiger partial charge in [-0.25, -0.2) is 0 Å². The smallest absolute Gasteiger partial charge is 0.305 e. The lowest BCUT2D eigenvalue weighted by molar-refractivity contribution is -0.152. The molecule has 0 amide bonds. The molecule has 1 aliphatic rings. The molecule has 0 bridgehead atoms. The van der Waals surface area contributed by atoms with Crippen molar-refractivity contribution in [3.8, 4) is 0 Å². The predicted octanol–water partition coefficient (Wildman–Crippen LogP) is 9.10. The van der Waals surface area contributed by atoms with Crippen molar-refractivity contribution in [3.63, 3.8) is 0 Å². The van der Waals surface area contributed by atoms with Gasteiger partial charge in [0.25, 0.3) is 0 Å². The number of rotatable bonds is 35. The van der Waals surface area contributed by atoms with Crippen molar-refractivity contribution < 1.29 is 44.3 Å². The highest BCUT2D eigenvalue weighted by molar-refractivity contribution is 5.79. The van der Waals surface area contributed by atoms with E-state index < -0.39 is 36.3 Å². The summed E-state index contributed by atoms with van der Waals surface area (Å²) in [4.78, 5) is 36.8. The van der Waals surface area contributed by atoms with Crippen molar-refractivity contribution >= 4 is 17.7 Å². The second-order valence-electron chi connectivity index (χ2n) is 16.3. The van der Waals surface area contributed by atoms with E-state index in [0.29, 0.717) is 25.7 Å². The Kier molecular flexibility index (Phi) is 30.1. The first-order chi connectivity index (χ1) is 25.5. The topological polar surface area (TPSA) is 151 Å². The molecule has 1 rings (SSSR count). The molecule has 0 aromatic rings. The third kappa shape index (κ3) is 27.4. The van der Waals surface area contributed by atoms with Gasteiger partial charge in [0.2, 0.25) is 0 Å². The number of aliphatic hydroxyl groups is 4. The van der Waals surface area contributed by atoms with Crippen LogP contribution >= 0.6 is 0 Å². The zero-order chi connectivity index (χ0) is 39.1. The number of carbonyl (C=O) groups is 3. The average Bonchev–Trinajstić information content (AvgIpc) is 3.38. The van der Waals surface area contributed by atoms with E-state index in [1.54, 1.807) is 12.2 Å². The Balaban J connectivity index is 2.01. The summed E-state index contributed by atoms with van der Waals surface area (Å²) in [5, 5.41) is 41.1. The number of carbonyl (C=O) groups excluding carboxylic acids is 3. The molecule has 4 N–H and O–H groups in total. The normalized spacial score (nSPS) is 19.9. The summed E-state index contributed by atoms with van der Waals surface area (Å²) in [6, 6.07) is 0. The second-order valence-corrected chi connectivity index (χ2v) is 16.3. The summed E-state index contributed by atoms with van der Waals surface area (Å²) in [6.07, 6.45) is 26.2. The van der Waals surface area contributed by atoms with Crippen molar-refractivity contribution in [2.45, 2.75) is 219 Å². The van der Waals surface area contributed by atoms with Gasteiger partial charge in [0.05, 0.1) is 18.3 Å². The first-order valence-electron chi connectivity index (χ1n) is 21.8. The van der Waals surface area contributed by atoms with Gasteiger partial charge in [-0.3, -0.25) is 14.4 Å². The second kappa shape index (κ2) is 32.4. The molecule has 0 aliphatic heterocycles. The van der Waals surface area contributed by atoms with Gasteiger partial charge >= 0.3 is 11.9 Å². The molecule has 0 radical (unpaired) electrons. The van der Waals surface area contributed by atoms with Crippen molar-refractivity contribution in [1.29, 1.82) is 0 Å². The number of esters is 2. The molecule has 1 fully saturated rings. The summed E-state index contributed by atoms with van der Waals surface area (Å²) in [7, 11) is 0. The van der Waals surface area contributed by atoms with E-state index >= 15 is 0 Å². The van der Waals surface area contributed by atoms with E-state index in [4.69, 9.17) is 9.47 Å². The standard InChI is InChI=1S/C44H80O9/c1-4-5-19-25-36(45)29-30-39-40(42(49)32-41(39)48)31-37(46)26-22-23-28-44(51)53-34-38(47)33-52-43(50)27-21-18-16-14-12-10-8-6-7-9-11-13-15-17-20-24-35(2)3/h29-30,35-36,38-42,45,47-49H,4-28,31-34H2,1-3H3/b30-29+/t36-,38-,39+,40+,41+,42-/m0/s1.